The van der Waals surface area contributed by atoms with Gasteiger partial charge in [0.25, 0.3) is 0 Å². The number of hydrogen-bond acceptors (Lipinski definition) is 1. The van der Waals surface area contributed by atoms with Gasteiger partial charge in [-0.15, -0.1) is 0 Å². The third-order valence-electron chi connectivity index (χ3n) is 2.37. The summed E-state index contributed by atoms with van der Waals surface area (Å²) < 4.78 is 0. The zero-order chi connectivity index (χ0) is 11.3. The summed E-state index contributed by atoms with van der Waals surface area (Å²) in [5, 5.41) is 0.752. The largest absolute Gasteiger partial charge is 0.258 e. The van der Waals surface area contributed by atoms with Crippen LogP contribution in [0.3, 0.4) is 0 Å². The van der Waals surface area contributed by atoms with Crippen LogP contribution in [0.25, 0.3) is 0 Å². The fraction of sp³-hybridized carbons (Fsp3) is 0.462. The summed E-state index contributed by atoms with van der Waals surface area (Å²) in [7, 11) is 0. The van der Waals surface area contributed by atoms with Crippen LogP contribution >= 0.6 is 11.6 Å². The van der Waals surface area contributed by atoms with Crippen LogP contribution in [-0.2, 0) is 0 Å². The summed E-state index contributed by atoms with van der Waals surface area (Å²) >= 11 is 5.94. The molecule has 0 saturated carbocycles. The van der Waals surface area contributed by atoms with Crippen molar-refractivity contribution >= 4 is 23.0 Å². The molecule has 0 aliphatic rings. The molecule has 15 heavy (non-hydrogen) atoms. The maximum absolute atomic E-state index is 5.94. The Bertz CT molecular complexity index is 356. The van der Waals surface area contributed by atoms with E-state index in [1.165, 1.54) is 24.1 Å². The lowest BCUT2D eigenvalue weighted by Crippen LogP contribution is -1.90. The van der Waals surface area contributed by atoms with Crippen LogP contribution in [0.5, 0.6) is 0 Å². The second-order valence-electron chi connectivity index (χ2n) is 3.88. The van der Waals surface area contributed by atoms with E-state index in [1.54, 1.807) is 0 Å². The minimum Gasteiger partial charge on any atom is -0.258 e. The van der Waals surface area contributed by atoms with E-state index in [0.717, 1.165) is 17.1 Å². The Morgan fingerprint density at radius 1 is 1.40 bits per heavy atom. The molecule has 2 heteroatoms. The molecule has 1 nitrogen and oxygen atoms in total. The highest BCUT2D eigenvalue weighted by Gasteiger charge is 1.98. The summed E-state index contributed by atoms with van der Waals surface area (Å²) in [5.74, 6) is 0. The van der Waals surface area contributed by atoms with Gasteiger partial charge in [-0.1, -0.05) is 31.0 Å². The first-order chi connectivity index (χ1) is 7.13. The lowest BCUT2D eigenvalue weighted by molar-refractivity contribution is 0.833. The summed E-state index contributed by atoms with van der Waals surface area (Å²) in [6.07, 6.45) is 3.48. The predicted molar refractivity (Wildman–Crippen MR) is 68.5 cm³/mol. The molecule has 0 saturated heterocycles. The molecule has 0 aliphatic carbocycles. The molecule has 0 N–H and O–H groups in total. The van der Waals surface area contributed by atoms with E-state index in [-0.39, 0.29) is 0 Å². The molecule has 0 aliphatic heterocycles. The molecule has 0 spiro atoms. The van der Waals surface area contributed by atoms with Crippen LogP contribution in [0.2, 0.25) is 5.02 Å². The topological polar surface area (TPSA) is 12.4 Å². The quantitative estimate of drug-likeness (QED) is 0.642. The van der Waals surface area contributed by atoms with E-state index in [1.807, 2.05) is 18.2 Å². The zero-order valence-electron chi connectivity index (χ0n) is 9.68. The number of benzene rings is 1. The summed E-state index contributed by atoms with van der Waals surface area (Å²) in [6.45, 7) is 6.33. The average Bonchev–Trinajstić information content (AvgIpc) is 2.20. The number of halogens is 1. The maximum Gasteiger partial charge on any atom is 0.0672 e. The van der Waals surface area contributed by atoms with Gasteiger partial charge in [0.2, 0.25) is 0 Å². The van der Waals surface area contributed by atoms with E-state index in [4.69, 9.17) is 11.6 Å². The Morgan fingerprint density at radius 3 is 2.80 bits per heavy atom. The zero-order valence-corrected chi connectivity index (χ0v) is 10.4. The third kappa shape index (κ3) is 4.05. The number of hydrogen-bond donors (Lipinski definition) is 0. The normalized spacial score (nSPS) is 11.9. The Hall–Kier alpha value is -0.820. The second-order valence-corrected chi connectivity index (χ2v) is 4.32. The van der Waals surface area contributed by atoms with E-state index in [0.29, 0.717) is 0 Å². The second kappa shape index (κ2) is 5.92. The molecule has 0 heterocycles. The number of nitrogens with zero attached hydrogens (tertiary/aromatic N) is 1. The van der Waals surface area contributed by atoms with Gasteiger partial charge < -0.3 is 0 Å². The molecule has 0 atom stereocenters. The van der Waals surface area contributed by atoms with Gasteiger partial charge in [-0.25, -0.2) is 0 Å². The first-order valence-electron chi connectivity index (χ1n) is 5.43. The van der Waals surface area contributed by atoms with Crippen molar-refractivity contribution < 1.29 is 0 Å². The first kappa shape index (κ1) is 12.3. The van der Waals surface area contributed by atoms with Gasteiger partial charge in [0.15, 0.2) is 0 Å². The molecule has 1 rings (SSSR count). The van der Waals surface area contributed by atoms with E-state index >= 15 is 0 Å². The Labute approximate surface area is 97.2 Å². The van der Waals surface area contributed by atoms with Crippen LogP contribution in [0.1, 0.15) is 38.7 Å². The van der Waals surface area contributed by atoms with Crippen molar-refractivity contribution in [2.45, 2.75) is 40.0 Å². The number of unbranched alkanes of at least 4 members (excludes halogenated alkanes) is 1. The standard InChI is InChI=1S/C13H18ClN/c1-4-5-6-11(3)15-13-9-12(14)8-7-10(13)2/h7-9H,4-6H2,1-3H3. The van der Waals surface area contributed by atoms with Crippen LogP contribution in [0.15, 0.2) is 23.2 Å². The van der Waals surface area contributed by atoms with Crippen LogP contribution in [0, 0.1) is 6.92 Å². The van der Waals surface area contributed by atoms with Crippen molar-refractivity contribution in [3.63, 3.8) is 0 Å². The van der Waals surface area contributed by atoms with E-state index in [2.05, 4.69) is 25.8 Å². The fourth-order valence-electron chi connectivity index (χ4n) is 1.40. The molecule has 1 aromatic rings. The summed E-state index contributed by atoms with van der Waals surface area (Å²) in [4.78, 5) is 4.59. The van der Waals surface area contributed by atoms with Gasteiger partial charge in [0, 0.05) is 10.7 Å². The molecular formula is C13H18ClN. The molecular weight excluding hydrogens is 206 g/mol. The van der Waals surface area contributed by atoms with Gasteiger partial charge >= 0.3 is 0 Å². The van der Waals surface area contributed by atoms with Crippen molar-refractivity contribution in [2.24, 2.45) is 4.99 Å². The van der Waals surface area contributed by atoms with Gasteiger partial charge in [0.05, 0.1) is 5.69 Å². The smallest absolute Gasteiger partial charge is 0.0672 e. The molecule has 0 radical (unpaired) electrons. The molecule has 0 unspecified atom stereocenters. The van der Waals surface area contributed by atoms with Crippen LogP contribution < -0.4 is 0 Å². The molecule has 0 fully saturated rings. The molecule has 82 valence electrons. The van der Waals surface area contributed by atoms with E-state index < -0.39 is 0 Å². The molecule has 0 amide bonds. The van der Waals surface area contributed by atoms with Gasteiger partial charge in [-0.2, -0.15) is 0 Å². The monoisotopic (exact) mass is 223 g/mol. The fourth-order valence-corrected chi connectivity index (χ4v) is 1.56. The maximum atomic E-state index is 5.94. The first-order valence-corrected chi connectivity index (χ1v) is 5.81. The lowest BCUT2D eigenvalue weighted by Gasteiger charge is -2.03. The van der Waals surface area contributed by atoms with Gasteiger partial charge in [-0.05, 0) is 44.4 Å². The molecule has 0 bridgehead atoms. The summed E-state index contributed by atoms with van der Waals surface area (Å²) in [5.41, 5.74) is 3.36. The van der Waals surface area contributed by atoms with Crippen LogP contribution in [-0.4, -0.2) is 5.71 Å². The van der Waals surface area contributed by atoms with Gasteiger partial charge in [0.1, 0.15) is 0 Å². The third-order valence-corrected chi connectivity index (χ3v) is 2.61. The average molecular weight is 224 g/mol. The highest BCUT2D eigenvalue weighted by Crippen LogP contribution is 2.23. The van der Waals surface area contributed by atoms with Crippen molar-refractivity contribution in [1.82, 2.24) is 0 Å². The minimum atomic E-state index is 0.752. The van der Waals surface area contributed by atoms with Crippen molar-refractivity contribution in [3.8, 4) is 0 Å². The van der Waals surface area contributed by atoms with Crippen molar-refractivity contribution in [3.05, 3.63) is 28.8 Å². The number of rotatable bonds is 4. The van der Waals surface area contributed by atoms with Crippen molar-refractivity contribution in [2.75, 3.05) is 0 Å². The van der Waals surface area contributed by atoms with Crippen molar-refractivity contribution in [1.29, 1.82) is 0 Å². The molecule has 0 aromatic heterocycles. The minimum absolute atomic E-state index is 0.752. The number of aryl methyl sites for hydroxylation is 1. The lowest BCUT2D eigenvalue weighted by atomic mass is 10.1. The number of aliphatic imine (C=N–C) groups is 1. The Morgan fingerprint density at radius 2 is 2.13 bits per heavy atom. The SMILES string of the molecule is CCCCC(C)=Nc1cc(Cl)ccc1C. The van der Waals surface area contributed by atoms with Crippen LogP contribution in [0.4, 0.5) is 5.69 Å². The Balaban J connectivity index is 2.82. The Kier molecular flexibility index (Phi) is 4.83. The molecule has 1 aromatic carbocycles. The summed E-state index contributed by atoms with van der Waals surface area (Å²) in [6, 6.07) is 5.83. The highest BCUT2D eigenvalue weighted by atomic mass is 35.5. The highest BCUT2D eigenvalue weighted by molar-refractivity contribution is 6.30. The van der Waals surface area contributed by atoms with Gasteiger partial charge in [-0.3, -0.25) is 4.99 Å². The predicted octanol–water partition coefficient (Wildman–Crippen LogP) is 4.93. The van der Waals surface area contributed by atoms with E-state index in [9.17, 15) is 0 Å².